The third-order valence-electron chi connectivity index (χ3n) is 3.16. The third kappa shape index (κ3) is 3.12. The van der Waals surface area contributed by atoms with Crippen molar-refractivity contribution in [3.63, 3.8) is 0 Å². The van der Waals surface area contributed by atoms with Crippen LogP contribution in [-0.4, -0.2) is 24.1 Å². The summed E-state index contributed by atoms with van der Waals surface area (Å²) in [4.78, 5) is 2.48. The lowest BCUT2D eigenvalue weighted by Crippen LogP contribution is -2.38. The van der Waals surface area contributed by atoms with E-state index in [1.165, 1.54) is 23.4 Å². The maximum atomic E-state index is 6.26. The quantitative estimate of drug-likeness (QED) is 0.745. The van der Waals surface area contributed by atoms with Crippen molar-refractivity contribution in [3.8, 4) is 0 Å². The van der Waals surface area contributed by atoms with Crippen LogP contribution in [0, 0.1) is 0 Å². The van der Waals surface area contributed by atoms with E-state index < -0.39 is 0 Å². The van der Waals surface area contributed by atoms with Crippen molar-refractivity contribution < 1.29 is 0 Å². The molecule has 94 valence electrons. The second kappa shape index (κ2) is 6.35. The van der Waals surface area contributed by atoms with E-state index in [-0.39, 0.29) is 0 Å². The molecule has 1 aliphatic heterocycles. The van der Waals surface area contributed by atoms with Gasteiger partial charge in [0, 0.05) is 45.7 Å². The van der Waals surface area contributed by atoms with Crippen LogP contribution in [0.5, 0.6) is 0 Å². The van der Waals surface area contributed by atoms with E-state index in [0.29, 0.717) is 0 Å². The van der Waals surface area contributed by atoms with E-state index in [0.717, 1.165) is 28.7 Å². The summed E-state index contributed by atoms with van der Waals surface area (Å²) in [6.07, 6.45) is 1.24. The molecular formula is C13H17BrClNS. The summed E-state index contributed by atoms with van der Waals surface area (Å²) in [5, 5.41) is 2.44. The van der Waals surface area contributed by atoms with E-state index in [4.69, 9.17) is 11.6 Å². The summed E-state index contributed by atoms with van der Waals surface area (Å²) in [6.45, 7) is 4.54. The molecule has 1 atom stereocenters. The van der Waals surface area contributed by atoms with Crippen molar-refractivity contribution in [3.05, 3.63) is 28.8 Å². The molecule has 0 N–H and O–H groups in total. The van der Waals surface area contributed by atoms with Crippen LogP contribution in [0.1, 0.15) is 18.9 Å². The molecule has 1 aliphatic rings. The molecule has 0 spiro atoms. The number of hydrogen-bond donors (Lipinski definition) is 0. The van der Waals surface area contributed by atoms with Crippen LogP contribution < -0.4 is 4.90 Å². The second-order valence-electron chi connectivity index (χ2n) is 4.22. The molecule has 0 aromatic heterocycles. The van der Waals surface area contributed by atoms with Gasteiger partial charge in [0.1, 0.15) is 0 Å². The molecule has 1 fully saturated rings. The van der Waals surface area contributed by atoms with Crippen molar-refractivity contribution in [1.82, 2.24) is 0 Å². The van der Waals surface area contributed by atoms with Crippen LogP contribution in [0.25, 0.3) is 0 Å². The standard InChI is InChI=1S/C13H17BrClNS/c1-2-10-9-16(6-7-17-10)13-5-3-4-12(15)11(13)8-14/h3-5,10H,2,6-9H2,1H3. The molecule has 0 bridgehead atoms. The number of benzene rings is 1. The maximum Gasteiger partial charge on any atom is 0.0467 e. The number of anilines is 1. The molecule has 1 nitrogen and oxygen atoms in total. The first-order chi connectivity index (χ1) is 8.26. The van der Waals surface area contributed by atoms with E-state index in [9.17, 15) is 0 Å². The number of alkyl halides is 1. The van der Waals surface area contributed by atoms with Gasteiger partial charge < -0.3 is 4.90 Å². The first-order valence-electron chi connectivity index (χ1n) is 5.96. The minimum Gasteiger partial charge on any atom is -0.369 e. The second-order valence-corrected chi connectivity index (χ2v) is 6.59. The third-order valence-corrected chi connectivity index (χ3v) is 5.45. The molecule has 4 heteroatoms. The molecule has 17 heavy (non-hydrogen) atoms. The van der Waals surface area contributed by atoms with E-state index in [2.05, 4.69) is 45.6 Å². The van der Waals surface area contributed by atoms with E-state index in [1.54, 1.807) is 0 Å². The summed E-state index contributed by atoms with van der Waals surface area (Å²) in [5.41, 5.74) is 2.52. The Balaban J connectivity index is 2.24. The zero-order valence-electron chi connectivity index (χ0n) is 9.96. The molecule has 1 aromatic carbocycles. The van der Waals surface area contributed by atoms with Crippen molar-refractivity contribution in [2.24, 2.45) is 0 Å². The average Bonchev–Trinajstić information content (AvgIpc) is 2.38. The first kappa shape index (κ1) is 13.6. The van der Waals surface area contributed by atoms with Gasteiger partial charge in [-0.1, -0.05) is 40.5 Å². The monoisotopic (exact) mass is 333 g/mol. The van der Waals surface area contributed by atoms with Gasteiger partial charge in [0.15, 0.2) is 0 Å². The Morgan fingerprint density at radius 1 is 1.53 bits per heavy atom. The van der Waals surface area contributed by atoms with Gasteiger partial charge >= 0.3 is 0 Å². The summed E-state index contributed by atoms with van der Waals surface area (Å²) in [6, 6.07) is 6.20. The van der Waals surface area contributed by atoms with Crippen molar-refractivity contribution in [1.29, 1.82) is 0 Å². The Morgan fingerprint density at radius 2 is 2.35 bits per heavy atom. The molecule has 0 amide bonds. The smallest absolute Gasteiger partial charge is 0.0467 e. The first-order valence-corrected chi connectivity index (χ1v) is 8.51. The van der Waals surface area contributed by atoms with Crippen LogP contribution in [-0.2, 0) is 5.33 Å². The summed E-state index contributed by atoms with van der Waals surface area (Å²) >= 11 is 11.9. The van der Waals surface area contributed by atoms with Gasteiger partial charge in [0.2, 0.25) is 0 Å². The maximum absolute atomic E-state index is 6.26. The number of hydrogen-bond acceptors (Lipinski definition) is 2. The Bertz CT molecular complexity index is 386. The summed E-state index contributed by atoms with van der Waals surface area (Å²) in [7, 11) is 0. The van der Waals surface area contributed by atoms with Gasteiger partial charge in [0.05, 0.1) is 0 Å². The molecule has 0 saturated carbocycles. The number of rotatable bonds is 3. The summed E-state index contributed by atoms with van der Waals surface area (Å²) in [5.74, 6) is 1.22. The number of nitrogens with zero attached hydrogens (tertiary/aromatic N) is 1. The van der Waals surface area contributed by atoms with Gasteiger partial charge in [-0.2, -0.15) is 11.8 Å². The highest BCUT2D eigenvalue weighted by Gasteiger charge is 2.21. The topological polar surface area (TPSA) is 3.24 Å². The predicted molar refractivity (Wildman–Crippen MR) is 82.8 cm³/mol. The fraction of sp³-hybridized carbons (Fsp3) is 0.538. The summed E-state index contributed by atoms with van der Waals surface area (Å²) < 4.78 is 0. The van der Waals surface area contributed by atoms with Crippen LogP contribution >= 0.6 is 39.3 Å². The molecule has 1 heterocycles. The van der Waals surface area contributed by atoms with Crippen LogP contribution in [0.2, 0.25) is 5.02 Å². The SMILES string of the molecule is CCC1CN(c2cccc(Cl)c2CBr)CCS1. The zero-order chi connectivity index (χ0) is 12.3. The minimum atomic E-state index is 0.755. The molecule has 1 unspecified atom stereocenters. The Hall–Kier alpha value is 0.140. The van der Waals surface area contributed by atoms with Crippen molar-refractivity contribution >= 4 is 45.0 Å². The van der Waals surface area contributed by atoms with Gasteiger partial charge in [0.25, 0.3) is 0 Å². The van der Waals surface area contributed by atoms with Gasteiger partial charge in [-0.15, -0.1) is 0 Å². The molecular weight excluding hydrogens is 318 g/mol. The highest BCUT2D eigenvalue weighted by molar-refractivity contribution is 9.08. The predicted octanol–water partition coefficient (Wildman–Crippen LogP) is 4.57. The fourth-order valence-corrected chi connectivity index (χ4v) is 4.33. The van der Waals surface area contributed by atoms with E-state index in [1.807, 2.05) is 12.1 Å². The normalized spacial score (nSPS) is 20.6. The molecule has 2 rings (SSSR count). The van der Waals surface area contributed by atoms with Crippen LogP contribution in [0.15, 0.2) is 18.2 Å². The molecule has 0 radical (unpaired) electrons. The lowest BCUT2D eigenvalue weighted by Gasteiger charge is -2.35. The average molecular weight is 335 g/mol. The van der Waals surface area contributed by atoms with Gasteiger partial charge in [-0.3, -0.25) is 0 Å². The van der Waals surface area contributed by atoms with Crippen LogP contribution in [0.4, 0.5) is 5.69 Å². The van der Waals surface area contributed by atoms with Crippen LogP contribution in [0.3, 0.4) is 0 Å². The lowest BCUT2D eigenvalue weighted by atomic mass is 10.1. The minimum absolute atomic E-state index is 0.755. The largest absolute Gasteiger partial charge is 0.369 e. The van der Waals surface area contributed by atoms with Gasteiger partial charge in [-0.05, 0) is 18.6 Å². The Morgan fingerprint density at radius 3 is 3.06 bits per heavy atom. The van der Waals surface area contributed by atoms with Crippen molar-refractivity contribution in [2.45, 2.75) is 23.9 Å². The number of halogens is 2. The van der Waals surface area contributed by atoms with Crippen molar-refractivity contribution in [2.75, 3.05) is 23.7 Å². The van der Waals surface area contributed by atoms with E-state index >= 15 is 0 Å². The molecule has 1 saturated heterocycles. The molecule has 1 aromatic rings. The lowest BCUT2D eigenvalue weighted by molar-refractivity contribution is 0.726. The fourth-order valence-electron chi connectivity index (χ4n) is 2.16. The zero-order valence-corrected chi connectivity index (χ0v) is 13.1. The Labute approximate surface area is 121 Å². The highest BCUT2D eigenvalue weighted by Crippen LogP contribution is 2.32. The highest BCUT2D eigenvalue weighted by atomic mass is 79.9. The Kier molecular flexibility index (Phi) is 5.07. The van der Waals surface area contributed by atoms with Gasteiger partial charge in [-0.25, -0.2) is 0 Å². The molecule has 0 aliphatic carbocycles. The number of thioether (sulfide) groups is 1.